The number of ketones is 1. The van der Waals surface area contributed by atoms with E-state index in [4.69, 9.17) is 0 Å². The fourth-order valence-corrected chi connectivity index (χ4v) is 1.90. The SMILES string of the molecule is COC(=O)C1=CC(=O)/C(=C/c2ccccc2)CC1. The van der Waals surface area contributed by atoms with Crippen LogP contribution in [-0.4, -0.2) is 18.9 Å². The number of carbonyl (C=O) groups excluding carboxylic acids is 2. The average Bonchev–Trinajstić information content (AvgIpc) is 2.41. The van der Waals surface area contributed by atoms with Crippen LogP contribution in [0.3, 0.4) is 0 Å². The molecule has 3 nitrogen and oxygen atoms in total. The molecule has 1 aliphatic rings. The molecule has 0 heterocycles. The fraction of sp³-hybridized carbons (Fsp3) is 0.200. The molecule has 0 aromatic heterocycles. The van der Waals surface area contributed by atoms with Crippen molar-refractivity contribution in [3.63, 3.8) is 0 Å². The third-order valence-corrected chi connectivity index (χ3v) is 2.87. The standard InChI is InChI=1S/C15H14O3/c1-18-15(17)13-8-7-12(14(16)10-13)9-11-5-3-2-4-6-11/h2-6,9-10H,7-8H2,1H3/b12-9+. The van der Waals surface area contributed by atoms with E-state index in [0.29, 0.717) is 18.4 Å². The minimum atomic E-state index is -0.415. The van der Waals surface area contributed by atoms with Crippen LogP contribution in [0.5, 0.6) is 0 Å². The van der Waals surface area contributed by atoms with Crippen molar-refractivity contribution in [1.82, 2.24) is 0 Å². The second-order valence-electron chi connectivity index (χ2n) is 4.11. The Balaban J connectivity index is 2.20. The van der Waals surface area contributed by atoms with E-state index in [0.717, 1.165) is 11.1 Å². The van der Waals surface area contributed by atoms with Crippen LogP contribution in [-0.2, 0) is 14.3 Å². The molecule has 0 radical (unpaired) electrons. The van der Waals surface area contributed by atoms with Crippen LogP contribution in [0.4, 0.5) is 0 Å². The molecule has 18 heavy (non-hydrogen) atoms. The van der Waals surface area contributed by atoms with Gasteiger partial charge in [-0.25, -0.2) is 4.79 Å². The molecule has 0 atom stereocenters. The number of rotatable bonds is 2. The zero-order chi connectivity index (χ0) is 13.0. The largest absolute Gasteiger partial charge is 0.466 e. The number of benzene rings is 1. The van der Waals surface area contributed by atoms with Gasteiger partial charge in [0.05, 0.1) is 7.11 Å². The predicted molar refractivity (Wildman–Crippen MR) is 68.8 cm³/mol. The Morgan fingerprint density at radius 1 is 1.22 bits per heavy atom. The Hall–Kier alpha value is -2.16. The highest BCUT2D eigenvalue weighted by Gasteiger charge is 2.20. The van der Waals surface area contributed by atoms with Gasteiger partial charge in [0.1, 0.15) is 0 Å². The molecular weight excluding hydrogens is 228 g/mol. The lowest BCUT2D eigenvalue weighted by Gasteiger charge is -2.13. The van der Waals surface area contributed by atoms with Crippen molar-refractivity contribution in [3.8, 4) is 0 Å². The fourth-order valence-electron chi connectivity index (χ4n) is 1.90. The van der Waals surface area contributed by atoms with Crippen molar-refractivity contribution < 1.29 is 14.3 Å². The summed E-state index contributed by atoms with van der Waals surface area (Å²) in [7, 11) is 1.32. The Morgan fingerprint density at radius 3 is 2.56 bits per heavy atom. The molecule has 1 aromatic carbocycles. The molecule has 3 heteroatoms. The second-order valence-corrected chi connectivity index (χ2v) is 4.11. The first-order chi connectivity index (χ1) is 8.70. The Labute approximate surface area is 106 Å². The topological polar surface area (TPSA) is 43.4 Å². The van der Waals surface area contributed by atoms with Crippen LogP contribution in [0.25, 0.3) is 6.08 Å². The van der Waals surface area contributed by atoms with Crippen molar-refractivity contribution in [3.05, 3.63) is 53.1 Å². The van der Waals surface area contributed by atoms with Crippen LogP contribution < -0.4 is 0 Å². The molecule has 0 aliphatic heterocycles. The molecule has 0 unspecified atom stereocenters. The molecule has 0 saturated carbocycles. The number of ether oxygens (including phenoxy) is 1. The van der Waals surface area contributed by atoms with Gasteiger partial charge in [-0.2, -0.15) is 0 Å². The zero-order valence-corrected chi connectivity index (χ0v) is 10.2. The molecule has 0 N–H and O–H groups in total. The van der Waals surface area contributed by atoms with E-state index < -0.39 is 5.97 Å². The van der Waals surface area contributed by atoms with Crippen molar-refractivity contribution in [2.24, 2.45) is 0 Å². The molecule has 0 fully saturated rings. The summed E-state index contributed by atoms with van der Waals surface area (Å²) in [5.41, 5.74) is 2.18. The lowest BCUT2D eigenvalue weighted by atomic mass is 9.92. The highest BCUT2D eigenvalue weighted by atomic mass is 16.5. The molecule has 0 amide bonds. The van der Waals surface area contributed by atoms with Crippen molar-refractivity contribution in [2.75, 3.05) is 7.11 Å². The lowest BCUT2D eigenvalue weighted by molar-refractivity contribution is -0.136. The van der Waals surface area contributed by atoms with E-state index in [9.17, 15) is 9.59 Å². The van der Waals surface area contributed by atoms with E-state index in [1.165, 1.54) is 13.2 Å². The quantitative estimate of drug-likeness (QED) is 0.591. The molecule has 1 aromatic rings. The predicted octanol–water partition coefficient (Wildman–Crippen LogP) is 2.53. The smallest absolute Gasteiger partial charge is 0.333 e. The number of hydrogen-bond acceptors (Lipinski definition) is 3. The van der Waals surface area contributed by atoms with Gasteiger partial charge in [-0.3, -0.25) is 4.79 Å². The summed E-state index contributed by atoms with van der Waals surface area (Å²) < 4.78 is 4.61. The second kappa shape index (κ2) is 5.45. The van der Waals surface area contributed by atoms with E-state index in [1.54, 1.807) is 0 Å². The highest BCUT2D eigenvalue weighted by molar-refractivity contribution is 6.12. The monoisotopic (exact) mass is 242 g/mol. The van der Waals surface area contributed by atoms with Crippen molar-refractivity contribution in [2.45, 2.75) is 12.8 Å². The van der Waals surface area contributed by atoms with Gasteiger partial charge in [0.25, 0.3) is 0 Å². The van der Waals surface area contributed by atoms with Gasteiger partial charge in [0, 0.05) is 11.1 Å². The number of methoxy groups -OCH3 is 1. The van der Waals surface area contributed by atoms with Gasteiger partial charge in [0.15, 0.2) is 5.78 Å². The highest BCUT2D eigenvalue weighted by Crippen LogP contribution is 2.23. The maximum absolute atomic E-state index is 11.9. The number of allylic oxidation sites excluding steroid dienone is 2. The maximum Gasteiger partial charge on any atom is 0.333 e. The van der Waals surface area contributed by atoms with Gasteiger partial charge >= 0.3 is 5.97 Å². The first-order valence-corrected chi connectivity index (χ1v) is 5.79. The summed E-state index contributed by atoms with van der Waals surface area (Å²) in [4.78, 5) is 23.2. The summed E-state index contributed by atoms with van der Waals surface area (Å²) in [5.74, 6) is -0.521. The molecular formula is C15H14O3. The normalized spacial score (nSPS) is 17.5. The third kappa shape index (κ3) is 2.74. The van der Waals surface area contributed by atoms with Crippen LogP contribution in [0, 0.1) is 0 Å². The van der Waals surface area contributed by atoms with Gasteiger partial charge in [0.2, 0.25) is 0 Å². The van der Waals surface area contributed by atoms with Crippen molar-refractivity contribution >= 4 is 17.8 Å². The van der Waals surface area contributed by atoms with Gasteiger partial charge in [-0.05, 0) is 30.6 Å². The Morgan fingerprint density at radius 2 is 1.94 bits per heavy atom. The lowest BCUT2D eigenvalue weighted by Crippen LogP contribution is -2.14. The number of esters is 1. The summed E-state index contributed by atoms with van der Waals surface area (Å²) in [6, 6.07) is 9.67. The third-order valence-electron chi connectivity index (χ3n) is 2.87. The first-order valence-electron chi connectivity index (χ1n) is 5.79. The minimum absolute atomic E-state index is 0.106. The summed E-state index contributed by atoms with van der Waals surface area (Å²) >= 11 is 0. The number of carbonyl (C=O) groups is 2. The molecule has 0 saturated heterocycles. The number of hydrogen-bond donors (Lipinski definition) is 0. The maximum atomic E-state index is 11.9. The van der Waals surface area contributed by atoms with E-state index in [1.807, 2.05) is 36.4 Å². The summed E-state index contributed by atoms with van der Waals surface area (Å²) in [6.07, 6.45) is 4.38. The van der Waals surface area contributed by atoms with Crippen LogP contribution >= 0.6 is 0 Å². The van der Waals surface area contributed by atoms with E-state index >= 15 is 0 Å². The molecule has 0 spiro atoms. The van der Waals surface area contributed by atoms with E-state index in [-0.39, 0.29) is 5.78 Å². The zero-order valence-electron chi connectivity index (χ0n) is 10.2. The van der Waals surface area contributed by atoms with Gasteiger partial charge < -0.3 is 4.74 Å². The van der Waals surface area contributed by atoms with Gasteiger partial charge in [-0.15, -0.1) is 0 Å². The summed E-state index contributed by atoms with van der Waals surface area (Å²) in [6.45, 7) is 0. The minimum Gasteiger partial charge on any atom is -0.466 e. The van der Waals surface area contributed by atoms with E-state index in [2.05, 4.69) is 4.74 Å². The molecule has 2 rings (SSSR count). The molecule has 92 valence electrons. The van der Waals surface area contributed by atoms with Crippen LogP contribution in [0.15, 0.2) is 47.6 Å². The average molecular weight is 242 g/mol. The Bertz CT molecular complexity index is 524. The first kappa shape index (κ1) is 12.3. The van der Waals surface area contributed by atoms with Crippen molar-refractivity contribution in [1.29, 1.82) is 0 Å². The van der Waals surface area contributed by atoms with Crippen LogP contribution in [0.2, 0.25) is 0 Å². The Kier molecular flexibility index (Phi) is 3.72. The molecule has 0 bridgehead atoms. The van der Waals surface area contributed by atoms with Crippen LogP contribution in [0.1, 0.15) is 18.4 Å². The molecule has 1 aliphatic carbocycles. The summed E-state index contributed by atoms with van der Waals surface area (Å²) in [5, 5.41) is 0. The van der Waals surface area contributed by atoms with Gasteiger partial charge in [-0.1, -0.05) is 30.3 Å².